The molecule has 0 amide bonds. The molecule has 0 saturated heterocycles. The van der Waals surface area contributed by atoms with Gasteiger partial charge < -0.3 is 19.1 Å². The summed E-state index contributed by atoms with van der Waals surface area (Å²) in [6.45, 7) is 4.20. The van der Waals surface area contributed by atoms with E-state index in [0.29, 0.717) is 6.42 Å². The maximum Gasteiger partial charge on any atom is 0.157 e. The molecule has 0 bridgehead atoms. The van der Waals surface area contributed by atoms with Crippen molar-refractivity contribution in [1.82, 2.24) is 20.0 Å². The average Bonchev–Trinajstić information content (AvgIpc) is 3.48. The van der Waals surface area contributed by atoms with Gasteiger partial charge in [-0.3, -0.25) is 0 Å². The summed E-state index contributed by atoms with van der Waals surface area (Å²) in [5, 5.41) is 8.20. The number of imidazole rings is 1. The van der Waals surface area contributed by atoms with Crippen LogP contribution >= 0.6 is 0 Å². The molecule has 4 aromatic rings. The Hall–Kier alpha value is -3.45. The van der Waals surface area contributed by atoms with Crippen molar-refractivity contribution in [1.29, 1.82) is 0 Å². The summed E-state index contributed by atoms with van der Waals surface area (Å²) in [5.74, 6) is 1.52. The van der Waals surface area contributed by atoms with Crippen LogP contribution in [0.1, 0.15) is 79.0 Å². The van der Waals surface area contributed by atoms with Crippen LogP contribution in [-0.2, 0) is 19.3 Å². The Bertz CT molecular complexity index is 1310. The van der Waals surface area contributed by atoms with Gasteiger partial charge in [0.1, 0.15) is 11.6 Å². The van der Waals surface area contributed by atoms with Gasteiger partial charge in [0.05, 0.1) is 36.6 Å². The van der Waals surface area contributed by atoms with E-state index in [2.05, 4.69) is 47.5 Å². The Kier molecular flexibility index (Phi) is 7.18. The summed E-state index contributed by atoms with van der Waals surface area (Å²) in [7, 11) is 1.70. The second kappa shape index (κ2) is 10.7. The standard InChI is InChI=1S/C29H33FN4O2/c1-4-23-17-34(18-31-23)27-14-9-20(16-28(27)35-3)15-26-24-7-5-6-8-25(29(24)36-33-26)32-19(2)21-10-12-22(30)13-11-21/h9-14,16-19,25,32H,4-8,15H2,1-3H3. The number of hydrogen-bond acceptors (Lipinski definition) is 5. The lowest BCUT2D eigenvalue weighted by Crippen LogP contribution is -2.24. The molecule has 1 aliphatic carbocycles. The zero-order valence-corrected chi connectivity index (χ0v) is 21.1. The van der Waals surface area contributed by atoms with E-state index in [1.165, 1.54) is 17.7 Å². The highest BCUT2D eigenvalue weighted by atomic mass is 19.1. The molecule has 2 aromatic carbocycles. The van der Waals surface area contributed by atoms with Crippen molar-refractivity contribution in [2.75, 3.05) is 7.11 Å². The number of nitrogens with one attached hydrogen (secondary N) is 1. The Morgan fingerprint density at radius 2 is 2.03 bits per heavy atom. The van der Waals surface area contributed by atoms with Gasteiger partial charge in [0.2, 0.25) is 0 Å². The summed E-state index contributed by atoms with van der Waals surface area (Å²) in [6.07, 6.45) is 9.60. The number of aromatic nitrogens is 3. The lowest BCUT2D eigenvalue weighted by molar-refractivity contribution is 0.312. The Labute approximate surface area is 211 Å². The number of hydrogen-bond donors (Lipinski definition) is 1. The van der Waals surface area contributed by atoms with Gasteiger partial charge in [-0.05, 0) is 68.0 Å². The van der Waals surface area contributed by atoms with E-state index in [0.717, 1.165) is 71.8 Å². The van der Waals surface area contributed by atoms with Gasteiger partial charge in [0.15, 0.2) is 5.76 Å². The van der Waals surface area contributed by atoms with E-state index >= 15 is 0 Å². The van der Waals surface area contributed by atoms with Gasteiger partial charge in [-0.15, -0.1) is 0 Å². The van der Waals surface area contributed by atoms with Crippen LogP contribution in [0.5, 0.6) is 5.75 Å². The number of ether oxygens (including phenoxy) is 1. The Morgan fingerprint density at radius 1 is 1.19 bits per heavy atom. The van der Waals surface area contributed by atoms with E-state index in [4.69, 9.17) is 9.26 Å². The fourth-order valence-corrected chi connectivity index (χ4v) is 5.04. The van der Waals surface area contributed by atoms with Crippen LogP contribution in [0.25, 0.3) is 5.69 Å². The molecule has 2 atom stereocenters. The van der Waals surface area contributed by atoms with Crippen LogP contribution in [0.3, 0.4) is 0 Å². The highest BCUT2D eigenvalue weighted by molar-refractivity contribution is 5.50. The molecule has 0 aliphatic heterocycles. The number of benzene rings is 2. The molecule has 1 N–H and O–H groups in total. The first-order valence-electron chi connectivity index (χ1n) is 12.7. The van der Waals surface area contributed by atoms with Crippen LogP contribution in [-0.4, -0.2) is 21.8 Å². The largest absolute Gasteiger partial charge is 0.495 e. The SMILES string of the molecule is CCc1cn(-c2ccc(Cc3noc4c3CCCCC4NC(C)c3ccc(F)cc3)cc2OC)cn1. The van der Waals surface area contributed by atoms with Crippen LogP contribution in [0.2, 0.25) is 0 Å². The normalized spacial score (nSPS) is 16.4. The maximum absolute atomic E-state index is 13.4. The van der Waals surface area contributed by atoms with Crippen molar-refractivity contribution in [3.8, 4) is 11.4 Å². The third-order valence-corrected chi connectivity index (χ3v) is 7.10. The fraction of sp³-hybridized carbons (Fsp3) is 0.379. The lowest BCUT2D eigenvalue weighted by Gasteiger charge is -2.21. The zero-order chi connectivity index (χ0) is 25.1. The topological polar surface area (TPSA) is 65.1 Å². The minimum absolute atomic E-state index is 0.0725. The van der Waals surface area contributed by atoms with E-state index in [1.54, 1.807) is 7.11 Å². The lowest BCUT2D eigenvalue weighted by atomic mass is 10.00. The molecule has 0 spiro atoms. The molecule has 5 rings (SSSR count). The number of rotatable bonds is 8. The highest BCUT2D eigenvalue weighted by Crippen LogP contribution is 2.34. The smallest absolute Gasteiger partial charge is 0.157 e. The van der Waals surface area contributed by atoms with Crippen LogP contribution < -0.4 is 10.1 Å². The summed E-state index contributed by atoms with van der Waals surface area (Å²) in [4.78, 5) is 4.44. The number of nitrogens with zero attached hydrogens (tertiary/aromatic N) is 3. The molecule has 2 aromatic heterocycles. The van der Waals surface area contributed by atoms with E-state index < -0.39 is 0 Å². The summed E-state index contributed by atoms with van der Waals surface area (Å²) in [6, 6.07) is 13.1. The predicted octanol–water partition coefficient (Wildman–Crippen LogP) is 6.28. The molecule has 188 valence electrons. The van der Waals surface area contributed by atoms with Gasteiger partial charge in [-0.1, -0.05) is 36.7 Å². The number of fused-ring (bicyclic) bond motifs is 1. The van der Waals surface area contributed by atoms with Crippen molar-refractivity contribution >= 4 is 0 Å². The molecule has 6 nitrogen and oxygen atoms in total. The minimum atomic E-state index is -0.219. The second-order valence-corrected chi connectivity index (χ2v) is 9.52. The highest BCUT2D eigenvalue weighted by Gasteiger charge is 2.27. The molecule has 0 saturated carbocycles. The molecule has 0 radical (unpaired) electrons. The molecular formula is C29H33FN4O2. The van der Waals surface area contributed by atoms with Crippen LogP contribution in [0.15, 0.2) is 59.5 Å². The zero-order valence-electron chi connectivity index (χ0n) is 21.1. The summed E-state index contributed by atoms with van der Waals surface area (Å²) >= 11 is 0. The van der Waals surface area contributed by atoms with E-state index in [1.807, 2.05) is 29.2 Å². The third-order valence-electron chi connectivity index (χ3n) is 7.10. The number of aryl methyl sites for hydroxylation is 1. The minimum Gasteiger partial charge on any atom is -0.495 e. The predicted molar refractivity (Wildman–Crippen MR) is 137 cm³/mol. The molecule has 36 heavy (non-hydrogen) atoms. The van der Waals surface area contributed by atoms with Crippen molar-refractivity contribution in [2.45, 2.75) is 64.5 Å². The fourth-order valence-electron chi connectivity index (χ4n) is 5.04. The van der Waals surface area contributed by atoms with Gasteiger partial charge >= 0.3 is 0 Å². The number of methoxy groups -OCH3 is 1. The average molecular weight is 489 g/mol. The molecule has 7 heteroatoms. The van der Waals surface area contributed by atoms with Crippen LogP contribution in [0.4, 0.5) is 4.39 Å². The summed E-state index contributed by atoms with van der Waals surface area (Å²) in [5.41, 5.74) is 6.38. The van der Waals surface area contributed by atoms with Gasteiger partial charge in [0.25, 0.3) is 0 Å². The van der Waals surface area contributed by atoms with Gasteiger partial charge in [-0.25, -0.2) is 9.37 Å². The van der Waals surface area contributed by atoms with Gasteiger partial charge in [0, 0.05) is 24.2 Å². The maximum atomic E-state index is 13.4. The third kappa shape index (κ3) is 5.07. The Balaban J connectivity index is 1.36. The van der Waals surface area contributed by atoms with Crippen molar-refractivity contribution in [2.24, 2.45) is 0 Å². The first kappa shape index (κ1) is 24.3. The molecular weight excluding hydrogens is 455 g/mol. The second-order valence-electron chi connectivity index (χ2n) is 9.52. The molecule has 2 heterocycles. The monoisotopic (exact) mass is 488 g/mol. The van der Waals surface area contributed by atoms with E-state index in [9.17, 15) is 4.39 Å². The quantitative estimate of drug-likeness (QED) is 0.296. The molecule has 2 unspecified atom stereocenters. The first-order chi connectivity index (χ1) is 17.6. The molecule has 0 fully saturated rings. The van der Waals surface area contributed by atoms with Crippen molar-refractivity contribution < 1.29 is 13.7 Å². The van der Waals surface area contributed by atoms with E-state index in [-0.39, 0.29) is 17.9 Å². The summed E-state index contributed by atoms with van der Waals surface area (Å²) < 4.78 is 27.0. The van der Waals surface area contributed by atoms with Crippen molar-refractivity contribution in [3.05, 3.63) is 94.6 Å². The van der Waals surface area contributed by atoms with Gasteiger partial charge in [-0.2, -0.15) is 0 Å². The first-order valence-corrected chi connectivity index (χ1v) is 12.7. The number of halogens is 1. The Morgan fingerprint density at radius 3 is 2.78 bits per heavy atom. The van der Waals surface area contributed by atoms with Crippen molar-refractivity contribution in [3.63, 3.8) is 0 Å². The van der Waals surface area contributed by atoms with Crippen LogP contribution in [0, 0.1) is 5.82 Å². The molecule has 1 aliphatic rings.